The Labute approximate surface area is 169 Å². The lowest BCUT2D eigenvalue weighted by Gasteiger charge is -2.40. The third kappa shape index (κ3) is 3.94. The number of rotatable bonds is 5. The van der Waals surface area contributed by atoms with Gasteiger partial charge in [-0.05, 0) is 48.6 Å². The van der Waals surface area contributed by atoms with Gasteiger partial charge in [-0.15, -0.1) is 0 Å². The number of nitrogens with zero attached hydrogens (tertiary/aromatic N) is 1. The monoisotopic (exact) mass is 391 g/mol. The van der Waals surface area contributed by atoms with Crippen molar-refractivity contribution in [2.24, 2.45) is 5.73 Å². The molecule has 1 atom stereocenters. The number of aryl methyl sites for hydroxylation is 1. The number of amides is 2. The second-order valence-corrected chi connectivity index (χ2v) is 7.53. The van der Waals surface area contributed by atoms with Gasteiger partial charge in [-0.2, -0.15) is 0 Å². The number of hydrogen-bond acceptors (Lipinski definition) is 4. The molecule has 0 aliphatic carbocycles. The SMILES string of the molecule is N=C(N)c1ccc(CNC(=O)[C@@H]2CCN2C(=O)c2ccc3c(c2)CCCN3)cc1. The first kappa shape index (κ1) is 19.0. The number of nitrogens with one attached hydrogen (secondary N) is 3. The minimum absolute atomic E-state index is 0.0159. The highest BCUT2D eigenvalue weighted by molar-refractivity contribution is 5.99. The van der Waals surface area contributed by atoms with Crippen molar-refractivity contribution in [3.05, 3.63) is 64.7 Å². The van der Waals surface area contributed by atoms with E-state index in [4.69, 9.17) is 11.1 Å². The molecule has 2 aliphatic rings. The van der Waals surface area contributed by atoms with Crippen LogP contribution in [0.25, 0.3) is 0 Å². The summed E-state index contributed by atoms with van der Waals surface area (Å²) in [7, 11) is 0. The number of nitrogen functional groups attached to an aromatic ring is 1. The highest BCUT2D eigenvalue weighted by Gasteiger charge is 2.37. The Morgan fingerprint density at radius 3 is 2.62 bits per heavy atom. The van der Waals surface area contributed by atoms with Crippen molar-refractivity contribution in [3.63, 3.8) is 0 Å². The average Bonchev–Trinajstić information content (AvgIpc) is 2.71. The van der Waals surface area contributed by atoms with Crippen LogP contribution in [-0.4, -0.2) is 41.7 Å². The van der Waals surface area contributed by atoms with Gasteiger partial charge < -0.3 is 21.3 Å². The largest absolute Gasteiger partial charge is 0.385 e. The molecule has 5 N–H and O–H groups in total. The summed E-state index contributed by atoms with van der Waals surface area (Å²) in [5, 5.41) is 13.7. The summed E-state index contributed by atoms with van der Waals surface area (Å²) >= 11 is 0. The normalized spacial score (nSPS) is 17.5. The average molecular weight is 391 g/mol. The van der Waals surface area contributed by atoms with Crippen LogP contribution < -0.4 is 16.4 Å². The third-order valence-electron chi connectivity index (χ3n) is 5.61. The number of fused-ring (bicyclic) bond motifs is 1. The third-order valence-corrected chi connectivity index (χ3v) is 5.61. The van der Waals surface area contributed by atoms with Crippen LogP contribution in [0.5, 0.6) is 0 Å². The molecule has 7 nitrogen and oxygen atoms in total. The maximum Gasteiger partial charge on any atom is 0.254 e. The lowest BCUT2D eigenvalue weighted by atomic mass is 9.97. The number of carbonyl (C=O) groups excluding carboxylic acids is 2. The van der Waals surface area contributed by atoms with Gasteiger partial charge >= 0.3 is 0 Å². The lowest BCUT2D eigenvalue weighted by molar-refractivity contribution is -0.129. The Morgan fingerprint density at radius 2 is 1.93 bits per heavy atom. The predicted octanol–water partition coefficient (Wildman–Crippen LogP) is 1.86. The fourth-order valence-corrected chi connectivity index (χ4v) is 3.79. The van der Waals surface area contributed by atoms with E-state index in [0.717, 1.165) is 36.2 Å². The number of benzene rings is 2. The minimum Gasteiger partial charge on any atom is -0.385 e. The van der Waals surface area contributed by atoms with Crippen LogP contribution in [0.2, 0.25) is 0 Å². The van der Waals surface area contributed by atoms with Crippen LogP contribution in [0.1, 0.15) is 39.9 Å². The van der Waals surface area contributed by atoms with E-state index < -0.39 is 6.04 Å². The van der Waals surface area contributed by atoms with Gasteiger partial charge in [0.05, 0.1) is 0 Å². The Kier molecular flexibility index (Phi) is 5.20. The summed E-state index contributed by atoms with van der Waals surface area (Å²) in [6.45, 7) is 1.94. The van der Waals surface area contributed by atoms with E-state index in [-0.39, 0.29) is 17.6 Å². The molecule has 2 aromatic carbocycles. The van der Waals surface area contributed by atoms with Crippen molar-refractivity contribution >= 4 is 23.3 Å². The van der Waals surface area contributed by atoms with E-state index in [9.17, 15) is 9.59 Å². The zero-order chi connectivity index (χ0) is 20.4. The van der Waals surface area contributed by atoms with Gasteiger partial charge in [-0.25, -0.2) is 0 Å². The predicted molar refractivity (Wildman–Crippen MR) is 112 cm³/mol. The summed E-state index contributed by atoms with van der Waals surface area (Å²) in [5.74, 6) is -0.211. The fourth-order valence-electron chi connectivity index (χ4n) is 3.79. The van der Waals surface area contributed by atoms with E-state index in [1.165, 1.54) is 0 Å². The smallest absolute Gasteiger partial charge is 0.254 e. The Balaban J connectivity index is 1.36. The number of likely N-dealkylation sites (tertiary alicyclic amines) is 1. The summed E-state index contributed by atoms with van der Waals surface area (Å²) < 4.78 is 0. The number of amidine groups is 1. The first-order chi connectivity index (χ1) is 14.0. The topological polar surface area (TPSA) is 111 Å². The van der Waals surface area contributed by atoms with E-state index in [0.29, 0.717) is 30.6 Å². The number of hydrogen-bond donors (Lipinski definition) is 4. The van der Waals surface area contributed by atoms with Crippen LogP contribution in [-0.2, 0) is 17.8 Å². The van der Waals surface area contributed by atoms with E-state index in [2.05, 4.69) is 10.6 Å². The van der Waals surface area contributed by atoms with E-state index in [1.54, 1.807) is 17.0 Å². The molecule has 150 valence electrons. The van der Waals surface area contributed by atoms with Gasteiger partial charge in [0.25, 0.3) is 5.91 Å². The van der Waals surface area contributed by atoms with Gasteiger partial charge in [0, 0.05) is 36.4 Å². The molecule has 0 saturated carbocycles. The molecule has 2 heterocycles. The summed E-state index contributed by atoms with van der Waals surface area (Å²) in [4.78, 5) is 27.1. The highest BCUT2D eigenvalue weighted by atomic mass is 16.2. The quantitative estimate of drug-likeness (QED) is 0.460. The van der Waals surface area contributed by atoms with Gasteiger partial charge in [0.2, 0.25) is 5.91 Å². The Hall–Kier alpha value is -3.35. The van der Waals surface area contributed by atoms with Gasteiger partial charge in [0.1, 0.15) is 11.9 Å². The van der Waals surface area contributed by atoms with Gasteiger partial charge in [-0.1, -0.05) is 24.3 Å². The fraction of sp³-hybridized carbons (Fsp3) is 0.318. The molecule has 1 saturated heterocycles. The molecule has 2 amide bonds. The molecule has 2 aromatic rings. The molecule has 0 unspecified atom stereocenters. The van der Waals surface area contributed by atoms with Gasteiger partial charge in [-0.3, -0.25) is 15.0 Å². The first-order valence-electron chi connectivity index (χ1n) is 9.92. The Morgan fingerprint density at radius 1 is 1.17 bits per heavy atom. The number of anilines is 1. The van der Waals surface area contributed by atoms with E-state index >= 15 is 0 Å². The molecule has 0 radical (unpaired) electrons. The molecule has 0 aromatic heterocycles. The molecule has 7 heteroatoms. The molecule has 4 rings (SSSR count). The molecular weight excluding hydrogens is 366 g/mol. The second-order valence-electron chi connectivity index (χ2n) is 7.53. The van der Waals surface area contributed by atoms with Crippen LogP contribution >= 0.6 is 0 Å². The standard InChI is InChI=1S/C22H25N5O2/c23-20(24)15-5-3-14(4-6-15)13-26-21(28)19-9-11-27(19)22(29)17-7-8-18-16(12-17)2-1-10-25-18/h3-8,12,19,25H,1-2,9-11,13H2,(H3,23,24)(H,26,28)/t19-/m0/s1. The van der Waals surface area contributed by atoms with Crippen LogP contribution in [0.3, 0.4) is 0 Å². The molecular formula is C22H25N5O2. The van der Waals surface area contributed by atoms with Crippen molar-refractivity contribution < 1.29 is 9.59 Å². The van der Waals surface area contributed by atoms with Crippen molar-refractivity contribution in [2.75, 3.05) is 18.4 Å². The number of carbonyl (C=O) groups is 2. The van der Waals surface area contributed by atoms with Gasteiger partial charge in [0.15, 0.2) is 0 Å². The van der Waals surface area contributed by atoms with Crippen LogP contribution in [0.4, 0.5) is 5.69 Å². The van der Waals surface area contributed by atoms with Crippen molar-refractivity contribution in [1.82, 2.24) is 10.2 Å². The van der Waals surface area contributed by atoms with Crippen LogP contribution in [0, 0.1) is 5.41 Å². The maximum atomic E-state index is 12.9. The van der Waals surface area contributed by atoms with Crippen molar-refractivity contribution in [3.8, 4) is 0 Å². The molecule has 0 spiro atoms. The lowest BCUT2D eigenvalue weighted by Crippen LogP contribution is -2.58. The zero-order valence-electron chi connectivity index (χ0n) is 16.2. The molecule has 29 heavy (non-hydrogen) atoms. The van der Waals surface area contributed by atoms with Crippen molar-refractivity contribution in [2.45, 2.75) is 31.8 Å². The van der Waals surface area contributed by atoms with E-state index in [1.807, 2.05) is 30.3 Å². The second kappa shape index (κ2) is 7.95. The van der Waals surface area contributed by atoms with Crippen LogP contribution in [0.15, 0.2) is 42.5 Å². The molecule has 1 fully saturated rings. The molecule has 2 aliphatic heterocycles. The highest BCUT2D eigenvalue weighted by Crippen LogP contribution is 2.26. The first-order valence-corrected chi connectivity index (χ1v) is 9.92. The summed E-state index contributed by atoms with van der Waals surface area (Å²) in [5.41, 5.74) is 9.93. The summed E-state index contributed by atoms with van der Waals surface area (Å²) in [6, 6.07) is 12.5. The molecule has 0 bridgehead atoms. The zero-order valence-corrected chi connectivity index (χ0v) is 16.2. The minimum atomic E-state index is -0.423. The maximum absolute atomic E-state index is 12.9. The van der Waals surface area contributed by atoms with Crippen molar-refractivity contribution in [1.29, 1.82) is 5.41 Å². The Bertz CT molecular complexity index is 954. The number of nitrogens with two attached hydrogens (primary N) is 1. The summed E-state index contributed by atoms with van der Waals surface area (Å²) in [6.07, 6.45) is 2.70.